The summed E-state index contributed by atoms with van der Waals surface area (Å²) >= 11 is 0. The Balaban J connectivity index is 1.72. The zero-order valence-electron chi connectivity index (χ0n) is 18.3. The monoisotopic (exact) mass is 370 g/mol. The molecular formula is C28H34. The van der Waals surface area contributed by atoms with Crippen molar-refractivity contribution in [2.45, 2.75) is 60.3 Å². The van der Waals surface area contributed by atoms with E-state index in [1.54, 1.807) is 5.57 Å². The molecule has 28 heavy (non-hydrogen) atoms. The molecule has 4 rings (SSSR count). The Morgan fingerprint density at radius 3 is 1.82 bits per heavy atom. The van der Waals surface area contributed by atoms with Crippen molar-refractivity contribution in [3.8, 4) is 11.1 Å². The Kier molecular flexibility index (Phi) is 4.45. The van der Waals surface area contributed by atoms with E-state index in [2.05, 4.69) is 108 Å². The Bertz CT molecular complexity index is 897. The van der Waals surface area contributed by atoms with Gasteiger partial charge in [-0.05, 0) is 45.9 Å². The maximum Gasteiger partial charge on any atom is 0.0151 e. The van der Waals surface area contributed by atoms with Gasteiger partial charge in [0.15, 0.2) is 0 Å². The molecular weight excluding hydrogens is 336 g/mol. The molecule has 0 heteroatoms. The highest BCUT2D eigenvalue weighted by Crippen LogP contribution is 2.58. The third-order valence-corrected chi connectivity index (χ3v) is 7.06. The lowest BCUT2D eigenvalue weighted by molar-refractivity contribution is 0.146. The van der Waals surface area contributed by atoms with Crippen LogP contribution >= 0.6 is 0 Å². The van der Waals surface area contributed by atoms with Crippen molar-refractivity contribution in [2.24, 2.45) is 16.2 Å². The van der Waals surface area contributed by atoms with Crippen molar-refractivity contribution in [3.63, 3.8) is 0 Å². The third kappa shape index (κ3) is 2.89. The van der Waals surface area contributed by atoms with Crippen LogP contribution in [0.1, 0.15) is 71.4 Å². The number of hydrogen-bond acceptors (Lipinski definition) is 0. The van der Waals surface area contributed by atoms with Gasteiger partial charge in [-0.1, -0.05) is 114 Å². The average Bonchev–Trinajstić information content (AvgIpc) is 3.20. The van der Waals surface area contributed by atoms with E-state index in [1.807, 2.05) is 0 Å². The summed E-state index contributed by atoms with van der Waals surface area (Å²) in [5.74, 6) is 0.502. The summed E-state index contributed by atoms with van der Waals surface area (Å²) in [5, 5.41) is 0. The molecule has 2 aromatic rings. The molecule has 0 aliphatic heterocycles. The molecule has 0 nitrogen and oxygen atoms in total. The minimum atomic E-state index is 0.123. The molecule has 1 atom stereocenters. The Labute approximate surface area is 171 Å². The zero-order valence-corrected chi connectivity index (χ0v) is 18.3. The molecule has 146 valence electrons. The van der Waals surface area contributed by atoms with Crippen molar-refractivity contribution in [1.29, 1.82) is 0 Å². The lowest BCUT2D eigenvalue weighted by Gasteiger charge is -2.48. The molecule has 2 aliphatic carbocycles. The van der Waals surface area contributed by atoms with E-state index in [0.717, 1.165) is 0 Å². The van der Waals surface area contributed by atoms with E-state index in [1.165, 1.54) is 35.1 Å². The number of fused-ring (bicyclic) bond motifs is 3. The first kappa shape index (κ1) is 19.2. The number of rotatable bonds is 3. The van der Waals surface area contributed by atoms with Crippen LogP contribution in [-0.2, 0) is 0 Å². The van der Waals surface area contributed by atoms with Gasteiger partial charge in [0.2, 0.25) is 0 Å². The van der Waals surface area contributed by atoms with E-state index < -0.39 is 0 Å². The SMILES string of the molecule is CC(C)(C)C1=CC=CC1(CCC1c2ccccc2-c2ccccc21)C(C)(C)C. The van der Waals surface area contributed by atoms with Crippen LogP contribution in [0.4, 0.5) is 0 Å². The van der Waals surface area contributed by atoms with Crippen LogP contribution in [0.25, 0.3) is 11.1 Å². The molecule has 0 saturated carbocycles. The lowest BCUT2D eigenvalue weighted by Crippen LogP contribution is -2.39. The molecule has 0 radical (unpaired) electrons. The first-order valence-electron chi connectivity index (χ1n) is 10.7. The fourth-order valence-corrected chi connectivity index (χ4v) is 5.66. The van der Waals surface area contributed by atoms with Gasteiger partial charge in [-0.2, -0.15) is 0 Å². The summed E-state index contributed by atoms with van der Waals surface area (Å²) in [4.78, 5) is 0. The molecule has 2 aromatic carbocycles. The van der Waals surface area contributed by atoms with E-state index in [-0.39, 0.29) is 16.2 Å². The van der Waals surface area contributed by atoms with Crippen molar-refractivity contribution in [2.75, 3.05) is 0 Å². The van der Waals surface area contributed by atoms with Crippen LogP contribution in [0.3, 0.4) is 0 Å². The van der Waals surface area contributed by atoms with Crippen LogP contribution in [0.15, 0.2) is 72.3 Å². The van der Waals surface area contributed by atoms with Gasteiger partial charge in [0.05, 0.1) is 0 Å². The quantitative estimate of drug-likeness (QED) is 0.511. The summed E-state index contributed by atoms with van der Waals surface area (Å²) in [6.07, 6.45) is 9.57. The standard InChI is InChI=1S/C28H34/c1-26(2,3)25-16-11-18-28(25,27(4,5)6)19-17-24-22-14-9-7-12-20(22)21-13-8-10-15-23(21)24/h7-16,18,24H,17,19H2,1-6H3. The summed E-state index contributed by atoms with van der Waals surface area (Å²) in [6.45, 7) is 14.3. The highest BCUT2D eigenvalue weighted by Gasteiger charge is 2.48. The van der Waals surface area contributed by atoms with Gasteiger partial charge in [-0.15, -0.1) is 0 Å². The van der Waals surface area contributed by atoms with Gasteiger partial charge in [0, 0.05) is 11.3 Å². The van der Waals surface area contributed by atoms with E-state index >= 15 is 0 Å². The number of benzene rings is 2. The maximum atomic E-state index is 2.50. The van der Waals surface area contributed by atoms with Crippen LogP contribution in [-0.4, -0.2) is 0 Å². The molecule has 0 spiro atoms. The number of hydrogen-bond donors (Lipinski definition) is 0. The second kappa shape index (κ2) is 6.48. The summed E-state index contributed by atoms with van der Waals surface area (Å²) in [5.41, 5.74) is 7.97. The van der Waals surface area contributed by atoms with Gasteiger partial charge < -0.3 is 0 Å². The summed E-state index contributed by atoms with van der Waals surface area (Å²) in [7, 11) is 0. The van der Waals surface area contributed by atoms with Gasteiger partial charge in [-0.3, -0.25) is 0 Å². The summed E-state index contributed by atoms with van der Waals surface area (Å²) < 4.78 is 0. The topological polar surface area (TPSA) is 0 Å². The maximum absolute atomic E-state index is 2.50. The van der Waals surface area contributed by atoms with Crippen LogP contribution in [0.2, 0.25) is 0 Å². The third-order valence-electron chi connectivity index (χ3n) is 7.06. The van der Waals surface area contributed by atoms with Gasteiger partial charge in [0.25, 0.3) is 0 Å². The minimum absolute atomic E-state index is 0.123. The van der Waals surface area contributed by atoms with Crippen LogP contribution in [0.5, 0.6) is 0 Å². The average molecular weight is 371 g/mol. The van der Waals surface area contributed by atoms with Gasteiger partial charge in [0.1, 0.15) is 0 Å². The second-order valence-corrected chi connectivity index (χ2v) is 10.7. The molecule has 0 amide bonds. The molecule has 0 heterocycles. The summed E-state index contributed by atoms with van der Waals surface area (Å²) in [6, 6.07) is 18.0. The van der Waals surface area contributed by atoms with E-state index in [0.29, 0.717) is 5.92 Å². The minimum Gasteiger partial charge on any atom is -0.0737 e. The molecule has 0 aromatic heterocycles. The fraction of sp³-hybridized carbons (Fsp3) is 0.429. The molecule has 0 N–H and O–H groups in total. The first-order valence-corrected chi connectivity index (χ1v) is 10.7. The Hall–Kier alpha value is -2.08. The highest BCUT2D eigenvalue weighted by molar-refractivity contribution is 5.78. The van der Waals surface area contributed by atoms with Gasteiger partial charge in [-0.25, -0.2) is 0 Å². The zero-order chi connectivity index (χ0) is 20.2. The van der Waals surface area contributed by atoms with E-state index in [4.69, 9.17) is 0 Å². The van der Waals surface area contributed by atoms with Crippen molar-refractivity contribution < 1.29 is 0 Å². The molecule has 1 unspecified atom stereocenters. The van der Waals surface area contributed by atoms with E-state index in [9.17, 15) is 0 Å². The van der Waals surface area contributed by atoms with Gasteiger partial charge >= 0.3 is 0 Å². The lowest BCUT2D eigenvalue weighted by atomic mass is 9.56. The molecule has 0 bridgehead atoms. The second-order valence-electron chi connectivity index (χ2n) is 10.7. The van der Waals surface area contributed by atoms with Crippen LogP contribution < -0.4 is 0 Å². The van der Waals surface area contributed by atoms with Crippen LogP contribution in [0, 0.1) is 16.2 Å². The molecule has 0 fully saturated rings. The smallest absolute Gasteiger partial charge is 0.0151 e. The molecule has 0 saturated heterocycles. The number of allylic oxidation sites excluding steroid dienone is 4. The Morgan fingerprint density at radius 1 is 0.786 bits per heavy atom. The highest BCUT2D eigenvalue weighted by atomic mass is 14.5. The van der Waals surface area contributed by atoms with Crippen molar-refractivity contribution in [3.05, 3.63) is 83.5 Å². The predicted molar refractivity (Wildman–Crippen MR) is 122 cm³/mol. The Morgan fingerprint density at radius 2 is 1.32 bits per heavy atom. The molecule has 2 aliphatic rings. The predicted octanol–water partition coefficient (Wildman–Crippen LogP) is 8.15. The largest absolute Gasteiger partial charge is 0.0737 e. The van der Waals surface area contributed by atoms with Crippen molar-refractivity contribution in [1.82, 2.24) is 0 Å². The fourth-order valence-electron chi connectivity index (χ4n) is 5.66. The normalized spacial score (nSPS) is 21.6. The first-order chi connectivity index (χ1) is 13.2. The van der Waals surface area contributed by atoms with Crippen molar-refractivity contribution >= 4 is 0 Å².